The van der Waals surface area contributed by atoms with E-state index in [1.807, 2.05) is 66.7 Å². The molecule has 0 spiro atoms. The predicted molar refractivity (Wildman–Crippen MR) is 131 cm³/mol. The molecule has 0 saturated carbocycles. The molecule has 35 heavy (non-hydrogen) atoms. The Morgan fingerprint density at radius 3 is 2.17 bits per heavy atom. The number of anilines is 1. The molecule has 0 amide bonds. The van der Waals surface area contributed by atoms with Gasteiger partial charge in [0.05, 0.1) is 22.5 Å². The summed E-state index contributed by atoms with van der Waals surface area (Å²) < 4.78 is 44.8. The Morgan fingerprint density at radius 1 is 0.714 bits per heavy atom. The van der Waals surface area contributed by atoms with Gasteiger partial charge in [-0.3, -0.25) is 0 Å². The highest BCUT2D eigenvalue weighted by molar-refractivity contribution is 5.82. The number of aromatic nitrogens is 2. The lowest BCUT2D eigenvalue weighted by Crippen LogP contribution is -2.04. The third kappa shape index (κ3) is 4.94. The van der Waals surface area contributed by atoms with Crippen LogP contribution in [0.15, 0.2) is 97.1 Å². The molecular weight excluding hydrogens is 451 g/mol. The van der Waals surface area contributed by atoms with E-state index in [0.29, 0.717) is 23.6 Å². The molecule has 2 aromatic heterocycles. The van der Waals surface area contributed by atoms with E-state index in [4.69, 9.17) is 10.5 Å². The molecule has 0 bridgehead atoms. The molecule has 0 radical (unpaired) electrons. The van der Waals surface area contributed by atoms with Gasteiger partial charge in [-0.1, -0.05) is 48.5 Å². The maximum Gasteiger partial charge on any atom is 0.416 e. The minimum absolute atomic E-state index is 0.284. The SMILES string of the molecule is Nc1ccc(-c2ccc(OCc3ccc4ccccc4n3)cc2)c(-c2ccc(C(F)(F)F)cc2)n1. The minimum Gasteiger partial charge on any atom is -0.487 e. The second-order valence-corrected chi connectivity index (χ2v) is 8.02. The molecule has 2 N–H and O–H groups in total. The summed E-state index contributed by atoms with van der Waals surface area (Å²) >= 11 is 0. The highest BCUT2D eigenvalue weighted by Gasteiger charge is 2.30. The Morgan fingerprint density at radius 2 is 1.43 bits per heavy atom. The van der Waals surface area contributed by atoms with Crippen LogP contribution in [0.3, 0.4) is 0 Å². The van der Waals surface area contributed by atoms with Crippen molar-refractivity contribution >= 4 is 16.7 Å². The summed E-state index contributed by atoms with van der Waals surface area (Å²) in [6, 6.07) is 27.6. The van der Waals surface area contributed by atoms with Gasteiger partial charge in [0.2, 0.25) is 0 Å². The van der Waals surface area contributed by atoms with Crippen molar-refractivity contribution in [2.45, 2.75) is 12.8 Å². The van der Waals surface area contributed by atoms with Crippen molar-refractivity contribution in [2.75, 3.05) is 5.73 Å². The number of fused-ring (bicyclic) bond motifs is 1. The molecule has 5 rings (SSSR count). The molecular formula is C28H20F3N3O. The third-order valence-electron chi connectivity index (χ3n) is 5.61. The van der Waals surface area contributed by atoms with Crippen LogP contribution in [0.2, 0.25) is 0 Å². The van der Waals surface area contributed by atoms with Crippen LogP contribution in [0.1, 0.15) is 11.3 Å². The average Bonchev–Trinajstić information content (AvgIpc) is 2.87. The molecule has 0 aliphatic heterocycles. The van der Waals surface area contributed by atoms with Crippen molar-refractivity contribution in [1.82, 2.24) is 9.97 Å². The number of nitrogens with two attached hydrogens (primary N) is 1. The Balaban J connectivity index is 1.37. The number of para-hydroxylation sites is 1. The van der Waals surface area contributed by atoms with Gasteiger partial charge in [-0.05, 0) is 54.1 Å². The van der Waals surface area contributed by atoms with Gasteiger partial charge in [-0.25, -0.2) is 9.97 Å². The average molecular weight is 471 g/mol. The van der Waals surface area contributed by atoms with E-state index in [1.54, 1.807) is 6.07 Å². The molecule has 7 heteroatoms. The van der Waals surface area contributed by atoms with Crippen molar-refractivity contribution < 1.29 is 17.9 Å². The molecule has 0 aliphatic rings. The summed E-state index contributed by atoms with van der Waals surface area (Å²) in [6.07, 6.45) is -4.40. The first-order chi connectivity index (χ1) is 16.9. The van der Waals surface area contributed by atoms with Gasteiger partial charge in [0.15, 0.2) is 0 Å². The Labute approximate surface area is 199 Å². The summed E-state index contributed by atoms with van der Waals surface area (Å²) in [5.74, 6) is 0.953. The number of halogens is 3. The second kappa shape index (κ2) is 9.10. The van der Waals surface area contributed by atoms with Crippen molar-refractivity contribution in [3.8, 4) is 28.1 Å². The standard InChI is InChI=1S/C28H20F3N3O/c29-28(30,31)21-10-5-20(6-11-21)27-24(15-16-26(32)34-27)18-8-13-23(14-9-18)35-17-22-12-7-19-3-1-2-4-25(19)33-22/h1-16H,17H2,(H2,32,34). The zero-order chi connectivity index (χ0) is 24.4. The van der Waals surface area contributed by atoms with Crippen LogP contribution in [0.25, 0.3) is 33.3 Å². The van der Waals surface area contributed by atoms with E-state index in [2.05, 4.69) is 9.97 Å². The number of hydrogen-bond acceptors (Lipinski definition) is 4. The number of pyridine rings is 2. The van der Waals surface area contributed by atoms with Crippen molar-refractivity contribution in [2.24, 2.45) is 0 Å². The molecule has 2 heterocycles. The molecule has 0 unspecified atom stereocenters. The van der Waals surface area contributed by atoms with Crippen molar-refractivity contribution in [3.63, 3.8) is 0 Å². The number of alkyl halides is 3. The van der Waals surface area contributed by atoms with Gasteiger partial charge in [0.1, 0.15) is 18.2 Å². The van der Waals surface area contributed by atoms with E-state index in [1.165, 1.54) is 12.1 Å². The molecule has 0 atom stereocenters. The minimum atomic E-state index is -4.40. The summed E-state index contributed by atoms with van der Waals surface area (Å²) in [4.78, 5) is 9.01. The summed E-state index contributed by atoms with van der Waals surface area (Å²) in [6.45, 7) is 0.324. The van der Waals surface area contributed by atoms with Crippen LogP contribution in [0, 0.1) is 0 Å². The number of nitrogens with zero attached hydrogens (tertiary/aromatic N) is 2. The topological polar surface area (TPSA) is 61.0 Å². The molecule has 0 aliphatic carbocycles. The quantitative estimate of drug-likeness (QED) is 0.296. The maximum atomic E-state index is 13.0. The number of ether oxygens (including phenoxy) is 1. The van der Waals surface area contributed by atoms with Gasteiger partial charge in [0.25, 0.3) is 0 Å². The zero-order valence-electron chi connectivity index (χ0n) is 18.5. The highest BCUT2D eigenvalue weighted by Crippen LogP contribution is 2.35. The summed E-state index contributed by atoms with van der Waals surface area (Å²) in [7, 11) is 0. The van der Waals surface area contributed by atoms with Crippen LogP contribution < -0.4 is 10.5 Å². The fourth-order valence-electron chi connectivity index (χ4n) is 3.82. The van der Waals surface area contributed by atoms with Crippen LogP contribution in [0.4, 0.5) is 19.0 Å². The smallest absolute Gasteiger partial charge is 0.416 e. The van der Waals surface area contributed by atoms with E-state index in [9.17, 15) is 13.2 Å². The number of hydrogen-bond donors (Lipinski definition) is 1. The second-order valence-electron chi connectivity index (χ2n) is 8.02. The lowest BCUT2D eigenvalue weighted by atomic mass is 9.98. The van der Waals surface area contributed by atoms with Crippen molar-refractivity contribution in [1.29, 1.82) is 0 Å². The van der Waals surface area contributed by atoms with E-state index >= 15 is 0 Å². The summed E-state index contributed by atoms with van der Waals surface area (Å²) in [5.41, 5.74) is 9.54. The fraction of sp³-hybridized carbons (Fsp3) is 0.0714. The zero-order valence-corrected chi connectivity index (χ0v) is 18.5. The Bertz CT molecular complexity index is 1480. The number of rotatable bonds is 5. The Kier molecular flexibility index (Phi) is 5.82. The van der Waals surface area contributed by atoms with Gasteiger partial charge < -0.3 is 10.5 Å². The van der Waals surface area contributed by atoms with Crippen LogP contribution >= 0.6 is 0 Å². The van der Waals surface area contributed by atoms with E-state index in [-0.39, 0.29) is 5.82 Å². The highest BCUT2D eigenvalue weighted by atomic mass is 19.4. The largest absolute Gasteiger partial charge is 0.487 e. The molecule has 4 nitrogen and oxygen atoms in total. The van der Waals surface area contributed by atoms with Gasteiger partial charge >= 0.3 is 6.18 Å². The van der Waals surface area contributed by atoms with Crippen LogP contribution in [-0.4, -0.2) is 9.97 Å². The fourth-order valence-corrected chi connectivity index (χ4v) is 3.82. The van der Waals surface area contributed by atoms with E-state index < -0.39 is 11.7 Å². The first-order valence-electron chi connectivity index (χ1n) is 10.9. The first-order valence-corrected chi connectivity index (χ1v) is 10.9. The number of nitrogen functional groups attached to an aromatic ring is 1. The lowest BCUT2D eigenvalue weighted by Gasteiger charge is -2.13. The van der Waals surface area contributed by atoms with Gasteiger partial charge in [-0.15, -0.1) is 0 Å². The molecule has 0 saturated heterocycles. The molecule has 174 valence electrons. The third-order valence-corrected chi connectivity index (χ3v) is 5.61. The molecule has 3 aromatic carbocycles. The molecule has 5 aromatic rings. The van der Waals surface area contributed by atoms with Gasteiger partial charge in [0, 0.05) is 16.5 Å². The maximum absolute atomic E-state index is 13.0. The normalized spacial score (nSPS) is 11.5. The van der Waals surface area contributed by atoms with Gasteiger partial charge in [-0.2, -0.15) is 13.2 Å². The van der Waals surface area contributed by atoms with Crippen LogP contribution in [0.5, 0.6) is 5.75 Å². The van der Waals surface area contributed by atoms with Crippen molar-refractivity contribution in [3.05, 3.63) is 108 Å². The monoisotopic (exact) mass is 471 g/mol. The predicted octanol–water partition coefficient (Wildman–Crippen LogP) is 7.14. The number of benzene rings is 3. The first kappa shape index (κ1) is 22.4. The summed E-state index contributed by atoms with van der Waals surface area (Å²) in [5, 5.41) is 1.07. The lowest BCUT2D eigenvalue weighted by molar-refractivity contribution is -0.137. The Hall–Kier alpha value is -4.39. The van der Waals surface area contributed by atoms with E-state index in [0.717, 1.165) is 39.9 Å². The molecule has 0 fully saturated rings. The van der Waals surface area contributed by atoms with Crippen LogP contribution in [-0.2, 0) is 12.8 Å².